The first-order valence-electron chi connectivity index (χ1n) is 7.16. The van der Waals surface area contributed by atoms with E-state index in [4.69, 9.17) is 9.47 Å². The van der Waals surface area contributed by atoms with E-state index in [-0.39, 0.29) is 11.7 Å². The molecule has 0 spiro atoms. The van der Waals surface area contributed by atoms with Crippen LogP contribution in [0.5, 0.6) is 11.5 Å². The van der Waals surface area contributed by atoms with Gasteiger partial charge in [-0.2, -0.15) is 0 Å². The van der Waals surface area contributed by atoms with Crippen molar-refractivity contribution in [3.05, 3.63) is 66.0 Å². The highest BCUT2D eigenvalue weighted by atomic mass is 19.1. The lowest BCUT2D eigenvalue weighted by molar-refractivity contribution is -0.116. The van der Waals surface area contributed by atoms with Crippen LogP contribution in [0, 0.1) is 5.82 Å². The third-order valence-corrected chi connectivity index (χ3v) is 3.01. The third-order valence-electron chi connectivity index (χ3n) is 3.01. The number of halogens is 1. The summed E-state index contributed by atoms with van der Waals surface area (Å²) in [6.07, 6.45) is 3.02. The van der Waals surface area contributed by atoms with Crippen LogP contribution in [0.1, 0.15) is 5.56 Å². The Bertz CT molecular complexity index is 668. The van der Waals surface area contributed by atoms with Crippen molar-refractivity contribution < 1.29 is 18.7 Å². The normalized spacial score (nSPS) is 10.5. The number of ether oxygens (including phenoxy) is 2. The van der Waals surface area contributed by atoms with Gasteiger partial charge in [0.05, 0.1) is 13.7 Å². The Hall–Kier alpha value is -2.82. The second kappa shape index (κ2) is 8.58. The number of methoxy groups -OCH3 is 1. The van der Waals surface area contributed by atoms with Crippen molar-refractivity contribution in [2.45, 2.75) is 0 Å². The molecule has 0 bridgehead atoms. The van der Waals surface area contributed by atoms with Gasteiger partial charge in [0.1, 0.15) is 23.9 Å². The molecule has 0 atom stereocenters. The first-order valence-corrected chi connectivity index (χ1v) is 7.16. The molecule has 0 unspecified atom stereocenters. The van der Waals surface area contributed by atoms with Crippen molar-refractivity contribution >= 4 is 12.0 Å². The quantitative estimate of drug-likeness (QED) is 0.631. The molecule has 0 saturated carbocycles. The fourth-order valence-electron chi connectivity index (χ4n) is 1.84. The van der Waals surface area contributed by atoms with Crippen LogP contribution >= 0.6 is 0 Å². The Balaban J connectivity index is 1.71. The highest BCUT2D eigenvalue weighted by Crippen LogP contribution is 2.18. The zero-order chi connectivity index (χ0) is 16.5. The van der Waals surface area contributed by atoms with Gasteiger partial charge < -0.3 is 14.8 Å². The fraction of sp³-hybridized carbons (Fsp3) is 0.167. The molecule has 2 aromatic rings. The lowest BCUT2D eigenvalue weighted by Crippen LogP contribution is -2.26. The van der Waals surface area contributed by atoms with Crippen LogP contribution in [0.25, 0.3) is 6.08 Å². The third kappa shape index (κ3) is 5.82. The first kappa shape index (κ1) is 16.5. The molecule has 0 heterocycles. The molecular formula is C18H18FNO3. The van der Waals surface area contributed by atoms with E-state index >= 15 is 0 Å². The van der Waals surface area contributed by atoms with Gasteiger partial charge in [0.25, 0.3) is 0 Å². The Morgan fingerprint density at radius 3 is 2.65 bits per heavy atom. The molecule has 0 aliphatic rings. The van der Waals surface area contributed by atoms with Crippen LogP contribution < -0.4 is 14.8 Å². The Labute approximate surface area is 134 Å². The predicted molar refractivity (Wildman–Crippen MR) is 86.9 cm³/mol. The average Bonchev–Trinajstić information content (AvgIpc) is 2.58. The van der Waals surface area contributed by atoms with Crippen LogP contribution in [-0.4, -0.2) is 26.2 Å². The van der Waals surface area contributed by atoms with Gasteiger partial charge in [0.2, 0.25) is 5.91 Å². The molecular weight excluding hydrogens is 297 g/mol. The second-order valence-corrected chi connectivity index (χ2v) is 4.70. The van der Waals surface area contributed by atoms with Crippen LogP contribution in [0.4, 0.5) is 4.39 Å². The van der Waals surface area contributed by atoms with E-state index in [0.717, 1.165) is 5.56 Å². The summed E-state index contributed by atoms with van der Waals surface area (Å²) in [5.74, 6) is 0.860. The summed E-state index contributed by atoms with van der Waals surface area (Å²) in [6, 6.07) is 13.2. The summed E-state index contributed by atoms with van der Waals surface area (Å²) in [5.41, 5.74) is 0.759. The molecule has 4 nitrogen and oxygen atoms in total. The summed E-state index contributed by atoms with van der Waals surface area (Å²) in [6.45, 7) is 0.729. The van der Waals surface area contributed by atoms with Crippen molar-refractivity contribution in [2.24, 2.45) is 0 Å². The molecule has 2 aromatic carbocycles. The maximum atomic E-state index is 12.8. The number of carbonyl (C=O) groups is 1. The molecule has 0 fully saturated rings. The number of nitrogens with one attached hydrogen (secondary N) is 1. The second-order valence-electron chi connectivity index (χ2n) is 4.70. The Morgan fingerprint density at radius 1 is 1.17 bits per heavy atom. The first-order chi connectivity index (χ1) is 11.2. The van der Waals surface area contributed by atoms with E-state index in [1.807, 2.05) is 18.2 Å². The average molecular weight is 315 g/mol. The lowest BCUT2D eigenvalue weighted by atomic mass is 10.2. The van der Waals surface area contributed by atoms with Crippen molar-refractivity contribution in [2.75, 3.05) is 20.3 Å². The highest BCUT2D eigenvalue weighted by molar-refractivity contribution is 5.91. The molecule has 0 aliphatic heterocycles. The van der Waals surface area contributed by atoms with Gasteiger partial charge >= 0.3 is 0 Å². The summed E-state index contributed by atoms with van der Waals surface area (Å²) in [5, 5.41) is 2.71. The van der Waals surface area contributed by atoms with Gasteiger partial charge in [-0.25, -0.2) is 4.39 Å². The van der Waals surface area contributed by atoms with Crippen molar-refractivity contribution in [1.29, 1.82) is 0 Å². The van der Waals surface area contributed by atoms with E-state index in [1.54, 1.807) is 31.4 Å². The highest BCUT2D eigenvalue weighted by Gasteiger charge is 1.98. The number of amides is 1. The van der Waals surface area contributed by atoms with Crippen molar-refractivity contribution in [1.82, 2.24) is 5.32 Å². The number of rotatable bonds is 7. The molecule has 1 amide bonds. The molecule has 0 aliphatic carbocycles. The van der Waals surface area contributed by atoms with Gasteiger partial charge in [0.15, 0.2) is 0 Å². The maximum Gasteiger partial charge on any atom is 0.244 e. The van der Waals surface area contributed by atoms with Crippen molar-refractivity contribution in [3.8, 4) is 11.5 Å². The van der Waals surface area contributed by atoms with Crippen LogP contribution in [0.15, 0.2) is 54.6 Å². The van der Waals surface area contributed by atoms with E-state index < -0.39 is 0 Å². The van der Waals surface area contributed by atoms with E-state index in [2.05, 4.69) is 5.32 Å². The molecule has 1 N–H and O–H groups in total. The van der Waals surface area contributed by atoms with Gasteiger partial charge in [-0.15, -0.1) is 0 Å². The summed E-state index contributed by atoms with van der Waals surface area (Å²) in [4.78, 5) is 11.6. The SMILES string of the molecule is COc1cccc(OCCNC(=O)/C=C/c2ccc(F)cc2)c1. The van der Waals surface area contributed by atoms with Crippen molar-refractivity contribution in [3.63, 3.8) is 0 Å². The number of hydrogen-bond donors (Lipinski definition) is 1. The summed E-state index contributed by atoms with van der Waals surface area (Å²) >= 11 is 0. The molecule has 5 heteroatoms. The lowest BCUT2D eigenvalue weighted by Gasteiger charge is -2.07. The number of hydrogen-bond acceptors (Lipinski definition) is 3. The largest absolute Gasteiger partial charge is 0.497 e. The van der Waals surface area contributed by atoms with Gasteiger partial charge in [-0.3, -0.25) is 4.79 Å². The Kier molecular flexibility index (Phi) is 6.17. The summed E-state index contributed by atoms with van der Waals surface area (Å²) < 4.78 is 23.4. The molecule has 0 saturated heterocycles. The van der Waals surface area contributed by atoms with Crippen LogP contribution in [-0.2, 0) is 4.79 Å². The van der Waals surface area contributed by atoms with Crippen LogP contribution in [0.3, 0.4) is 0 Å². The molecule has 2 rings (SSSR count). The molecule has 120 valence electrons. The number of carbonyl (C=O) groups excluding carboxylic acids is 1. The number of benzene rings is 2. The minimum absolute atomic E-state index is 0.233. The molecule has 0 radical (unpaired) electrons. The molecule has 23 heavy (non-hydrogen) atoms. The van der Waals surface area contributed by atoms with E-state index in [0.29, 0.717) is 24.7 Å². The monoisotopic (exact) mass is 315 g/mol. The smallest absolute Gasteiger partial charge is 0.244 e. The maximum absolute atomic E-state index is 12.8. The van der Waals surface area contributed by atoms with E-state index in [9.17, 15) is 9.18 Å². The van der Waals surface area contributed by atoms with Gasteiger partial charge in [-0.1, -0.05) is 18.2 Å². The Morgan fingerprint density at radius 2 is 1.91 bits per heavy atom. The zero-order valence-electron chi connectivity index (χ0n) is 12.8. The molecule has 0 aromatic heterocycles. The summed E-state index contributed by atoms with van der Waals surface area (Å²) in [7, 11) is 1.59. The minimum Gasteiger partial charge on any atom is -0.497 e. The zero-order valence-corrected chi connectivity index (χ0v) is 12.8. The van der Waals surface area contributed by atoms with Crippen LogP contribution in [0.2, 0.25) is 0 Å². The fourth-order valence-corrected chi connectivity index (χ4v) is 1.84. The van der Waals surface area contributed by atoms with Gasteiger partial charge in [-0.05, 0) is 35.9 Å². The standard InChI is InChI=1S/C18H18FNO3/c1-22-16-3-2-4-17(13-16)23-12-11-20-18(21)10-7-14-5-8-15(19)9-6-14/h2-10,13H,11-12H2,1H3,(H,20,21)/b10-7+. The predicted octanol–water partition coefficient (Wildman–Crippen LogP) is 3.04. The van der Waals surface area contributed by atoms with Gasteiger partial charge in [0, 0.05) is 12.1 Å². The topological polar surface area (TPSA) is 47.6 Å². The minimum atomic E-state index is -0.304. The van der Waals surface area contributed by atoms with E-state index in [1.165, 1.54) is 18.2 Å².